The molecule has 2 rings (SSSR count). The third kappa shape index (κ3) is 5.23. The van der Waals surface area contributed by atoms with Crippen molar-refractivity contribution in [3.05, 3.63) is 71.6 Å². The smallest absolute Gasteiger partial charge is 0.244 e. The van der Waals surface area contributed by atoms with Crippen LogP contribution >= 0.6 is 0 Å². The molecule has 1 amide bonds. The minimum Gasteiger partial charge on any atom is -0.497 e. The van der Waals surface area contributed by atoms with Crippen molar-refractivity contribution in [3.63, 3.8) is 0 Å². The maximum Gasteiger partial charge on any atom is 0.244 e. The molecule has 0 aliphatic carbocycles. The van der Waals surface area contributed by atoms with Crippen molar-refractivity contribution in [3.8, 4) is 5.75 Å². The molecule has 2 aromatic rings. The zero-order valence-corrected chi connectivity index (χ0v) is 12.7. The second-order valence-electron chi connectivity index (χ2n) is 4.92. The SMILES string of the molecule is COc1cccc(C(O)CNC(=O)/C=C/c2ccc(F)cc2)c1. The van der Waals surface area contributed by atoms with Crippen LogP contribution in [0.3, 0.4) is 0 Å². The molecule has 0 radical (unpaired) electrons. The summed E-state index contributed by atoms with van der Waals surface area (Å²) in [4.78, 5) is 11.7. The minimum atomic E-state index is -0.826. The Hall–Kier alpha value is -2.66. The van der Waals surface area contributed by atoms with Crippen LogP contribution in [0.15, 0.2) is 54.6 Å². The number of benzene rings is 2. The molecule has 2 N–H and O–H groups in total. The summed E-state index contributed by atoms with van der Waals surface area (Å²) in [7, 11) is 1.55. The summed E-state index contributed by atoms with van der Waals surface area (Å²) >= 11 is 0. The van der Waals surface area contributed by atoms with Gasteiger partial charge in [-0.2, -0.15) is 0 Å². The summed E-state index contributed by atoms with van der Waals surface area (Å²) in [6.07, 6.45) is 2.09. The van der Waals surface area contributed by atoms with E-state index >= 15 is 0 Å². The quantitative estimate of drug-likeness (QED) is 0.806. The number of carbonyl (C=O) groups excluding carboxylic acids is 1. The predicted molar refractivity (Wildman–Crippen MR) is 86.4 cm³/mol. The topological polar surface area (TPSA) is 58.6 Å². The van der Waals surface area contributed by atoms with Gasteiger partial charge in [-0.05, 0) is 41.5 Å². The van der Waals surface area contributed by atoms with Gasteiger partial charge in [-0.15, -0.1) is 0 Å². The van der Waals surface area contributed by atoms with Gasteiger partial charge < -0.3 is 15.2 Å². The van der Waals surface area contributed by atoms with Gasteiger partial charge in [-0.1, -0.05) is 24.3 Å². The number of carbonyl (C=O) groups is 1. The summed E-state index contributed by atoms with van der Waals surface area (Å²) in [5.41, 5.74) is 1.38. The number of rotatable bonds is 6. The van der Waals surface area contributed by atoms with E-state index in [1.807, 2.05) is 0 Å². The summed E-state index contributed by atoms with van der Waals surface area (Å²) in [5.74, 6) is -0.0200. The first-order chi connectivity index (χ1) is 11.1. The van der Waals surface area contributed by atoms with Gasteiger partial charge in [0.25, 0.3) is 0 Å². The van der Waals surface area contributed by atoms with Crippen LogP contribution in [-0.2, 0) is 4.79 Å². The van der Waals surface area contributed by atoms with Crippen molar-refractivity contribution in [2.75, 3.05) is 13.7 Å². The largest absolute Gasteiger partial charge is 0.497 e. The monoisotopic (exact) mass is 315 g/mol. The van der Waals surface area contributed by atoms with Crippen LogP contribution in [-0.4, -0.2) is 24.7 Å². The molecule has 0 fully saturated rings. The van der Waals surface area contributed by atoms with E-state index in [1.165, 1.54) is 18.2 Å². The van der Waals surface area contributed by atoms with Crippen molar-refractivity contribution in [1.82, 2.24) is 5.32 Å². The number of amides is 1. The van der Waals surface area contributed by atoms with Gasteiger partial charge in [0.15, 0.2) is 0 Å². The van der Waals surface area contributed by atoms with E-state index in [9.17, 15) is 14.3 Å². The predicted octanol–water partition coefficient (Wildman–Crippen LogP) is 2.70. The molecule has 0 aliphatic heterocycles. The number of halogens is 1. The molecule has 0 saturated heterocycles. The van der Waals surface area contributed by atoms with Crippen LogP contribution in [0.5, 0.6) is 5.75 Å². The molecule has 0 bridgehead atoms. The number of ether oxygens (including phenoxy) is 1. The number of aliphatic hydroxyl groups excluding tert-OH is 1. The van der Waals surface area contributed by atoms with E-state index in [1.54, 1.807) is 49.6 Å². The fourth-order valence-corrected chi connectivity index (χ4v) is 1.97. The zero-order chi connectivity index (χ0) is 16.7. The fraction of sp³-hybridized carbons (Fsp3) is 0.167. The van der Waals surface area contributed by atoms with Crippen LogP contribution in [0.1, 0.15) is 17.2 Å². The van der Waals surface area contributed by atoms with E-state index in [4.69, 9.17) is 4.74 Å². The Balaban J connectivity index is 1.86. The molecular formula is C18H18FNO3. The normalized spacial score (nSPS) is 12.1. The van der Waals surface area contributed by atoms with Gasteiger partial charge in [-0.25, -0.2) is 4.39 Å². The highest BCUT2D eigenvalue weighted by atomic mass is 19.1. The molecular weight excluding hydrogens is 297 g/mol. The highest BCUT2D eigenvalue weighted by molar-refractivity contribution is 5.91. The zero-order valence-electron chi connectivity index (χ0n) is 12.7. The lowest BCUT2D eigenvalue weighted by Gasteiger charge is -2.12. The molecule has 0 heterocycles. The molecule has 0 saturated carbocycles. The van der Waals surface area contributed by atoms with Crippen molar-refractivity contribution in [2.45, 2.75) is 6.10 Å². The van der Waals surface area contributed by atoms with Gasteiger partial charge in [-0.3, -0.25) is 4.79 Å². The lowest BCUT2D eigenvalue weighted by Crippen LogP contribution is -2.26. The number of hydrogen-bond acceptors (Lipinski definition) is 3. The van der Waals surface area contributed by atoms with Crippen molar-refractivity contribution in [2.24, 2.45) is 0 Å². The third-order valence-electron chi connectivity index (χ3n) is 3.25. The van der Waals surface area contributed by atoms with Gasteiger partial charge in [0, 0.05) is 12.6 Å². The fourth-order valence-electron chi connectivity index (χ4n) is 1.97. The van der Waals surface area contributed by atoms with Crippen LogP contribution < -0.4 is 10.1 Å². The molecule has 1 atom stereocenters. The lowest BCUT2D eigenvalue weighted by molar-refractivity contribution is -0.116. The Morgan fingerprint density at radius 1 is 1.30 bits per heavy atom. The Kier molecular flexibility index (Phi) is 5.88. The van der Waals surface area contributed by atoms with Crippen LogP contribution in [0, 0.1) is 5.82 Å². The van der Waals surface area contributed by atoms with E-state index in [-0.39, 0.29) is 18.3 Å². The average Bonchev–Trinajstić information content (AvgIpc) is 2.59. The van der Waals surface area contributed by atoms with Crippen LogP contribution in [0.25, 0.3) is 6.08 Å². The molecule has 1 unspecified atom stereocenters. The van der Waals surface area contributed by atoms with Crippen LogP contribution in [0.2, 0.25) is 0 Å². The van der Waals surface area contributed by atoms with Crippen molar-refractivity contribution >= 4 is 12.0 Å². The first kappa shape index (κ1) is 16.7. The molecule has 23 heavy (non-hydrogen) atoms. The Labute approximate surface area is 134 Å². The Morgan fingerprint density at radius 2 is 2.04 bits per heavy atom. The summed E-state index contributed by atoms with van der Waals surface area (Å²) in [6.45, 7) is 0.0831. The maximum atomic E-state index is 12.8. The van der Waals surface area contributed by atoms with Gasteiger partial charge in [0.1, 0.15) is 11.6 Å². The molecule has 120 valence electrons. The minimum absolute atomic E-state index is 0.0831. The second kappa shape index (κ2) is 8.10. The maximum absolute atomic E-state index is 12.8. The number of aliphatic hydroxyl groups is 1. The van der Waals surface area contributed by atoms with Crippen LogP contribution in [0.4, 0.5) is 4.39 Å². The standard InChI is InChI=1S/C18H18FNO3/c1-23-16-4-2-3-14(11-16)17(21)12-20-18(22)10-7-13-5-8-15(19)9-6-13/h2-11,17,21H,12H2,1H3,(H,20,22)/b10-7+. The first-order valence-corrected chi connectivity index (χ1v) is 7.12. The first-order valence-electron chi connectivity index (χ1n) is 7.12. The summed E-state index contributed by atoms with van der Waals surface area (Å²) < 4.78 is 17.9. The van der Waals surface area contributed by atoms with E-state index < -0.39 is 6.10 Å². The number of hydrogen-bond donors (Lipinski definition) is 2. The second-order valence-corrected chi connectivity index (χ2v) is 4.92. The number of methoxy groups -OCH3 is 1. The third-order valence-corrected chi connectivity index (χ3v) is 3.25. The molecule has 4 nitrogen and oxygen atoms in total. The number of nitrogens with one attached hydrogen (secondary N) is 1. The van der Waals surface area contributed by atoms with Gasteiger partial charge >= 0.3 is 0 Å². The molecule has 5 heteroatoms. The molecule has 0 aliphatic rings. The molecule has 2 aromatic carbocycles. The molecule has 0 aromatic heterocycles. The molecule has 0 spiro atoms. The summed E-state index contributed by atoms with van der Waals surface area (Å²) in [6, 6.07) is 12.8. The van der Waals surface area contributed by atoms with E-state index in [2.05, 4.69) is 5.32 Å². The van der Waals surface area contributed by atoms with Gasteiger partial charge in [0.2, 0.25) is 5.91 Å². The lowest BCUT2D eigenvalue weighted by atomic mass is 10.1. The average molecular weight is 315 g/mol. The van der Waals surface area contributed by atoms with Crippen molar-refractivity contribution in [1.29, 1.82) is 0 Å². The van der Waals surface area contributed by atoms with E-state index in [0.717, 1.165) is 5.56 Å². The Bertz CT molecular complexity index is 683. The van der Waals surface area contributed by atoms with Gasteiger partial charge in [0.05, 0.1) is 13.2 Å². The van der Waals surface area contributed by atoms with E-state index in [0.29, 0.717) is 11.3 Å². The van der Waals surface area contributed by atoms with Crippen molar-refractivity contribution < 1.29 is 19.0 Å². The summed E-state index contributed by atoms with van der Waals surface area (Å²) in [5, 5.41) is 12.7. The highest BCUT2D eigenvalue weighted by Crippen LogP contribution is 2.18. The highest BCUT2D eigenvalue weighted by Gasteiger charge is 2.09. The Morgan fingerprint density at radius 3 is 2.74 bits per heavy atom.